The van der Waals surface area contributed by atoms with Gasteiger partial charge in [-0.25, -0.2) is 4.39 Å². The van der Waals surface area contributed by atoms with E-state index in [0.29, 0.717) is 16.7 Å². The highest BCUT2D eigenvalue weighted by Crippen LogP contribution is 2.34. The molecule has 1 aromatic heterocycles. The Morgan fingerprint density at radius 2 is 2.13 bits per heavy atom. The first-order valence-electron chi connectivity index (χ1n) is 3.59. The van der Waals surface area contributed by atoms with Crippen molar-refractivity contribution in [2.24, 2.45) is 0 Å². The molecule has 0 unspecified atom stereocenters. The second-order valence-electron chi connectivity index (χ2n) is 2.54. The van der Waals surface area contributed by atoms with Crippen LogP contribution < -0.4 is 4.74 Å². The minimum Gasteiger partial charge on any atom is -0.494 e. The molecule has 0 bridgehead atoms. The standard InChI is InChI=1S/C8H6ClFN2O.2CH4/c1-13-8-4-3-11-12-6(4)2-5(10)7(8)9;;/h2-3H,1H3,(H,11,12);2*1H4. The smallest absolute Gasteiger partial charge is 0.151 e. The van der Waals surface area contributed by atoms with Crippen LogP contribution in [0.1, 0.15) is 14.9 Å². The number of nitrogens with zero attached hydrogens (tertiary/aromatic N) is 1. The van der Waals surface area contributed by atoms with E-state index in [-0.39, 0.29) is 19.9 Å². The highest BCUT2D eigenvalue weighted by molar-refractivity contribution is 6.33. The molecule has 2 aromatic rings. The number of hydrogen-bond donors (Lipinski definition) is 1. The summed E-state index contributed by atoms with van der Waals surface area (Å²) in [5, 5.41) is 7.05. The third kappa shape index (κ3) is 2.04. The Bertz CT molecular complexity index is 456. The molecule has 0 spiro atoms. The molecule has 2 rings (SSSR count). The van der Waals surface area contributed by atoms with Crippen LogP contribution >= 0.6 is 11.6 Å². The summed E-state index contributed by atoms with van der Waals surface area (Å²) in [7, 11) is 1.44. The topological polar surface area (TPSA) is 37.9 Å². The first-order valence-corrected chi connectivity index (χ1v) is 3.97. The summed E-state index contributed by atoms with van der Waals surface area (Å²) in [5.74, 6) is -0.208. The van der Waals surface area contributed by atoms with Crippen LogP contribution in [0.25, 0.3) is 10.9 Å². The van der Waals surface area contributed by atoms with Crippen molar-refractivity contribution in [2.75, 3.05) is 7.11 Å². The van der Waals surface area contributed by atoms with E-state index in [9.17, 15) is 4.39 Å². The molecule has 0 atom stereocenters. The van der Waals surface area contributed by atoms with Crippen molar-refractivity contribution >= 4 is 22.5 Å². The molecule has 0 aliphatic rings. The fourth-order valence-corrected chi connectivity index (χ4v) is 1.44. The third-order valence-electron chi connectivity index (χ3n) is 1.80. The first kappa shape index (κ1) is 13.7. The zero-order valence-corrected chi connectivity index (χ0v) is 7.52. The number of aromatic amines is 1. The molecular weight excluding hydrogens is 219 g/mol. The fraction of sp³-hybridized carbons (Fsp3) is 0.300. The zero-order valence-electron chi connectivity index (χ0n) is 6.77. The summed E-state index contributed by atoms with van der Waals surface area (Å²) in [6, 6.07) is 1.28. The lowest BCUT2D eigenvalue weighted by molar-refractivity contribution is 0.417. The van der Waals surface area contributed by atoms with Gasteiger partial charge in [-0.3, -0.25) is 5.10 Å². The van der Waals surface area contributed by atoms with E-state index in [1.807, 2.05) is 0 Å². The number of nitrogens with one attached hydrogen (secondary N) is 1. The highest BCUT2D eigenvalue weighted by atomic mass is 35.5. The number of ether oxygens (including phenoxy) is 1. The average Bonchev–Trinajstić information content (AvgIpc) is 2.54. The van der Waals surface area contributed by atoms with Crippen LogP contribution in [0.4, 0.5) is 4.39 Å². The predicted octanol–water partition coefficient (Wildman–Crippen LogP) is 3.64. The van der Waals surface area contributed by atoms with Gasteiger partial charge in [-0.15, -0.1) is 0 Å². The predicted molar refractivity (Wildman–Crippen MR) is 61.1 cm³/mol. The molecule has 0 saturated carbocycles. The number of methoxy groups -OCH3 is 1. The van der Waals surface area contributed by atoms with E-state index in [2.05, 4.69) is 10.2 Å². The molecule has 0 amide bonds. The van der Waals surface area contributed by atoms with Gasteiger partial charge in [0, 0.05) is 6.07 Å². The number of halogens is 2. The summed E-state index contributed by atoms with van der Waals surface area (Å²) >= 11 is 5.69. The molecule has 0 radical (unpaired) electrons. The normalized spacial score (nSPS) is 9.27. The molecule has 3 nitrogen and oxygen atoms in total. The molecule has 1 heterocycles. The minimum atomic E-state index is -0.518. The Balaban J connectivity index is 0.000000980. The van der Waals surface area contributed by atoms with Gasteiger partial charge in [-0.05, 0) is 0 Å². The Hall–Kier alpha value is -1.29. The minimum absolute atomic E-state index is 0. The van der Waals surface area contributed by atoms with Crippen molar-refractivity contribution in [1.29, 1.82) is 0 Å². The molecule has 0 aliphatic heterocycles. The maximum Gasteiger partial charge on any atom is 0.151 e. The Morgan fingerprint density at radius 1 is 1.47 bits per heavy atom. The van der Waals surface area contributed by atoms with Crippen LogP contribution in [0.15, 0.2) is 12.3 Å². The van der Waals surface area contributed by atoms with Crippen LogP contribution in [0.5, 0.6) is 5.75 Å². The van der Waals surface area contributed by atoms with Crippen LogP contribution in [-0.4, -0.2) is 17.3 Å². The third-order valence-corrected chi connectivity index (χ3v) is 2.15. The molecule has 84 valence electrons. The molecule has 15 heavy (non-hydrogen) atoms. The van der Waals surface area contributed by atoms with Gasteiger partial charge in [-0.1, -0.05) is 26.5 Å². The van der Waals surface area contributed by atoms with Crippen molar-refractivity contribution < 1.29 is 9.13 Å². The van der Waals surface area contributed by atoms with E-state index in [4.69, 9.17) is 16.3 Å². The number of fused-ring (bicyclic) bond motifs is 1. The molecular formula is C10H14ClFN2O. The van der Waals surface area contributed by atoms with Gasteiger partial charge < -0.3 is 4.74 Å². The van der Waals surface area contributed by atoms with Crippen molar-refractivity contribution in [1.82, 2.24) is 10.2 Å². The molecule has 0 saturated heterocycles. The van der Waals surface area contributed by atoms with Gasteiger partial charge in [0.1, 0.15) is 10.8 Å². The first-order chi connectivity index (χ1) is 6.24. The van der Waals surface area contributed by atoms with Gasteiger partial charge >= 0.3 is 0 Å². The van der Waals surface area contributed by atoms with E-state index in [1.54, 1.807) is 6.20 Å². The second-order valence-corrected chi connectivity index (χ2v) is 2.91. The van der Waals surface area contributed by atoms with E-state index in [0.717, 1.165) is 0 Å². The maximum absolute atomic E-state index is 13.1. The van der Waals surface area contributed by atoms with E-state index in [1.165, 1.54) is 13.2 Å². The van der Waals surface area contributed by atoms with E-state index < -0.39 is 5.82 Å². The lowest BCUT2D eigenvalue weighted by Crippen LogP contribution is -1.88. The van der Waals surface area contributed by atoms with Crippen molar-refractivity contribution in [3.63, 3.8) is 0 Å². The maximum atomic E-state index is 13.1. The van der Waals surface area contributed by atoms with Crippen molar-refractivity contribution in [3.8, 4) is 5.75 Å². The second kappa shape index (κ2) is 4.98. The van der Waals surface area contributed by atoms with Crippen LogP contribution in [0.2, 0.25) is 5.02 Å². The summed E-state index contributed by atoms with van der Waals surface area (Å²) in [4.78, 5) is 0. The van der Waals surface area contributed by atoms with Gasteiger partial charge in [0.2, 0.25) is 0 Å². The van der Waals surface area contributed by atoms with Gasteiger partial charge in [0.05, 0.1) is 24.2 Å². The summed E-state index contributed by atoms with van der Waals surface area (Å²) in [5.41, 5.74) is 0.568. The summed E-state index contributed by atoms with van der Waals surface area (Å²) in [6.07, 6.45) is 1.54. The quantitative estimate of drug-likeness (QED) is 0.815. The summed E-state index contributed by atoms with van der Waals surface area (Å²) < 4.78 is 18.1. The van der Waals surface area contributed by atoms with Gasteiger partial charge in [0.25, 0.3) is 0 Å². The Labute approximate surface area is 93.2 Å². The van der Waals surface area contributed by atoms with E-state index >= 15 is 0 Å². The molecule has 0 aliphatic carbocycles. The number of aromatic nitrogens is 2. The monoisotopic (exact) mass is 232 g/mol. The lowest BCUT2D eigenvalue weighted by Gasteiger charge is -2.04. The van der Waals surface area contributed by atoms with Crippen molar-refractivity contribution in [3.05, 3.63) is 23.1 Å². The molecule has 1 N–H and O–H groups in total. The Morgan fingerprint density at radius 3 is 2.73 bits per heavy atom. The van der Waals surface area contributed by atoms with Gasteiger partial charge in [-0.2, -0.15) is 5.10 Å². The highest BCUT2D eigenvalue weighted by Gasteiger charge is 2.13. The molecule has 0 fully saturated rings. The number of rotatable bonds is 1. The number of hydrogen-bond acceptors (Lipinski definition) is 2. The van der Waals surface area contributed by atoms with Gasteiger partial charge in [0.15, 0.2) is 5.75 Å². The lowest BCUT2D eigenvalue weighted by atomic mass is 10.2. The number of benzene rings is 1. The number of H-pyrrole nitrogens is 1. The molecule has 1 aromatic carbocycles. The molecule has 5 heteroatoms. The SMILES string of the molecule is C.C.COc1c(Cl)c(F)cc2[nH]ncc12. The fourth-order valence-electron chi connectivity index (χ4n) is 1.20. The average molecular weight is 233 g/mol. The Kier molecular flexibility index (Phi) is 4.55. The van der Waals surface area contributed by atoms with Crippen LogP contribution in [0.3, 0.4) is 0 Å². The summed E-state index contributed by atoms with van der Waals surface area (Å²) in [6.45, 7) is 0. The van der Waals surface area contributed by atoms with Crippen LogP contribution in [0, 0.1) is 5.82 Å². The van der Waals surface area contributed by atoms with Crippen LogP contribution in [-0.2, 0) is 0 Å². The zero-order chi connectivity index (χ0) is 9.42. The van der Waals surface area contributed by atoms with Crippen molar-refractivity contribution in [2.45, 2.75) is 14.9 Å². The largest absolute Gasteiger partial charge is 0.494 e.